The van der Waals surface area contributed by atoms with Crippen molar-refractivity contribution in [1.29, 1.82) is 0 Å². The zero-order chi connectivity index (χ0) is 11.6. The first-order valence-electron chi connectivity index (χ1n) is 3.79. The molecule has 0 saturated heterocycles. The predicted octanol–water partition coefficient (Wildman–Crippen LogP) is 3.26. The molecule has 0 radical (unpaired) electrons. The van der Waals surface area contributed by atoms with Crippen LogP contribution in [0.3, 0.4) is 0 Å². The van der Waals surface area contributed by atoms with Crippen molar-refractivity contribution < 1.29 is 9.53 Å². The van der Waals surface area contributed by atoms with Gasteiger partial charge in [-0.3, -0.25) is 9.59 Å². The minimum absolute atomic E-state index is 0.0277. The molecule has 3 nitrogen and oxygen atoms in total. The number of rotatable bonds is 1. The molecule has 0 aliphatic rings. The second-order valence-corrected chi connectivity index (χ2v) is 5.25. The summed E-state index contributed by atoms with van der Waals surface area (Å²) in [5, 5.41) is 0. The molecule has 0 amide bonds. The Morgan fingerprint density at radius 2 is 1.73 bits per heavy atom. The van der Waals surface area contributed by atoms with Gasteiger partial charge in [-0.2, -0.15) is 0 Å². The minimum Gasteiger partial charge on any atom is -0.421 e. The monoisotopic (exact) mass is 398 g/mol. The average Bonchev–Trinajstić information content (AvgIpc) is 2.18. The van der Waals surface area contributed by atoms with Crippen LogP contribution >= 0.6 is 47.8 Å². The Balaban J connectivity index is 3.51. The molecule has 0 heterocycles. The molecule has 0 atom stereocenters. The van der Waals surface area contributed by atoms with E-state index in [4.69, 9.17) is 4.74 Å². The van der Waals surface area contributed by atoms with Crippen LogP contribution in [0.5, 0.6) is 5.75 Å². The van der Waals surface area contributed by atoms with Crippen molar-refractivity contribution in [3.05, 3.63) is 35.8 Å². The van der Waals surface area contributed by atoms with E-state index in [2.05, 4.69) is 47.8 Å². The summed E-state index contributed by atoms with van der Waals surface area (Å²) in [7, 11) is 0. The van der Waals surface area contributed by atoms with Crippen molar-refractivity contribution in [2.24, 2.45) is 0 Å². The summed E-state index contributed by atoms with van der Waals surface area (Å²) in [6.45, 7) is 1.24. The van der Waals surface area contributed by atoms with E-state index in [1.807, 2.05) is 0 Å². The maximum absolute atomic E-state index is 11.7. The fraction of sp³-hybridized carbons (Fsp3) is 0.111. The van der Waals surface area contributed by atoms with Gasteiger partial charge in [-0.05, 0) is 44.0 Å². The third-order valence-electron chi connectivity index (χ3n) is 1.42. The van der Waals surface area contributed by atoms with Gasteiger partial charge in [0.05, 0.1) is 8.95 Å². The SMILES string of the molecule is CC(=O)Oc1c(Br)cc(Br)cc(Br)c1=O. The van der Waals surface area contributed by atoms with Gasteiger partial charge in [0.2, 0.25) is 5.43 Å². The lowest BCUT2D eigenvalue weighted by Gasteiger charge is -1.98. The van der Waals surface area contributed by atoms with Crippen molar-refractivity contribution in [3.8, 4) is 5.75 Å². The highest BCUT2D eigenvalue weighted by molar-refractivity contribution is 9.11. The van der Waals surface area contributed by atoms with Crippen molar-refractivity contribution in [1.82, 2.24) is 0 Å². The molecule has 0 bridgehead atoms. The molecular formula is C9H5Br3O3. The number of carbonyl (C=O) groups is 1. The van der Waals surface area contributed by atoms with Crippen molar-refractivity contribution in [3.63, 3.8) is 0 Å². The van der Waals surface area contributed by atoms with E-state index in [9.17, 15) is 9.59 Å². The molecule has 0 unspecified atom stereocenters. The third-order valence-corrected chi connectivity index (χ3v) is 3.05. The molecule has 6 heteroatoms. The Bertz CT molecular complexity index is 471. The fourth-order valence-corrected chi connectivity index (χ4v) is 2.88. The van der Waals surface area contributed by atoms with E-state index in [1.54, 1.807) is 12.1 Å². The number of carbonyl (C=O) groups excluding carboxylic acids is 1. The van der Waals surface area contributed by atoms with Gasteiger partial charge in [-0.25, -0.2) is 0 Å². The topological polar surface area (TPSA) is 43.4 Å². The molecule has 0 spiro atoms. The quantitative estimate of drug-likeness (QED) is 0.680. The van der Waals surface area contributed by atoms with E-state index in [0.29, 0.717) is 13.4 Å². The van der Waals surface area contributed by atoms with Gasteiger partial charge in [-0.15, -0.1) is 0 Å². The largest absolute Gasteiger partial charge is 0.421 e. The van der Waals surface area contributed by atoms with Crippen LogP contribution in [0, 0.1) is 0 Å². The Morgan fingerprint density at radius 1 is 1.20 bits per heavy atom. The molecular weight excluding hydrogens is 396 g/mol. The molecule has 0 aromatic heterocycles. The van der Waals surface area contributed by atoms with Gasteiger partial charge in [0.25, 0.3) is 0 Å². The molecule has 80 valence electrons. The molecule has 15 heavy (non-hydrogen) atoms. The van der Waals surface area contributed by atoms with E-state index in [1.165, 1.54) is 6.92 Å². The Hall–Kier alpha value is -0.200. The summed E-state index contributed by atoms with van der Waals surface area (Å²) in [6, 6.07) is 3.21. The zero-order valence-electron chi connectivity index (χ0n) is 7.51. The fourth-order valence-electron chi connectivity index (χ4n) is 0.871. The van der Waals surface area contributed by atoms with E-state index >= 15 is 0 Å². The molecule has 0 fully saturated rings. The molecule has 0 N–H and O–H groups in total. The van der Waals surface area contributed by atoms with Crippen LogP contribution in [0.25, 0.3) is 0 Å². The lowest BCUT2D eigenvalue weighted by molar-refractivity contribution is -0.132. The normalized spacial score (nSPS) is 9.87. The second kappa shape index (κ2) is 5.23. The number of ether oxygens (including phenoxy) is 1. The van der Waals surface area contributed by atoms with Crippen molar-refractivity contribution >= 4 is 53.8 Å². The van der Waals surface area contributed by atoms with Crippen LogP contribution in [-0.2, 0) is 4.79 Å². The first-order valence-corrected chi connectivity index (χ1v) is 6.17. The van der Waals surface area contributed by atoms with Gasteiger partial charge >= 0.3 is 5.97 Å². The third kappa shape index (κ3) is 3.39. The Morgan fingerprint density at radius 3 is 2.27 bits per heavy atom. The van der Waals surface area contributed by atoms with Crippen LogP contribution in [0.15, 0.2) is 30.3 Å². The van der Waals surface area contributed by atoms with Gasteiger partial charge in [0, 0.05) is 11.4 Å². The standard InChI is InChI=1S/C9H5Br3O3/c1-4(13)15-9-7(12)3-5(10)2-6(11)8(9)14/h2-3H,1H3. The van der Waals surface area contributed by atoms with Crippen molar-refractivity contribution in [2.75, 3.05) is 0 Å². The number of hydrogen-bond donors (Lipinski definition) is 0. The van der Waals surface area contributed by atoms with Gasteiger partial charge < -0.3 is 4.74 Å². The summed E-state index contributed by atoms with van der Waals surface area (Å²) < 4.78 is 6.25. The lowest BCUT2D eigenvalue weighted by atomic mass is 10.4. The van der Waals surface area contributed by atoms with Crippen LogP contribution in [0.1, 0.15) is 6.92 Å². The van der Waals surface area contributed by atoms with Gasteiger partial charge in [0.1, 0.15) is 0 Å². The van der Waals surface area contributed by atoms with E-state index < -0.39 is 5.97 Å². The highest BCUT2D eigenvalue weighted by Gasteiger charge is 2.11. The summed E-state index contributed by atoms with van der Waals surface area (Å²) in [5.41, 5.74) is -0.386. The van der Waals surface area contributed by atoms with Crippen LogP contribution in [-0.4, -0.2) is 5.97 Å². The number of esters is 1. The molecule has 1 aromatic rings. The van der Waals surface area contributed by atoms with Crippen LogP contribution < -0.4 is 10.2 Å². The molecule has 1 rings (SSSR count). The highest BCUT2D eigenvalue weighted by Crippen LogP contribution is 2.26. The Kier molecular flexibility index (Phi) is 4.48. The average molecular weight is 401 g/mol. The van der Waals surface area contributed by atoms with Crippen LogP contribution in [0.4, 0.5) is 0 Å². The smallest absolute Gasteiger partial charge is 0.308 e. The zero-order valence-corrected chi connectivity index (χ0v) is 12.3. The van der Waals surface area contributed by atoms with Gasteiger partial charge in [0.15, 0.2) is 5.75 Å². The van der Waals surface area contributed by atoms with E-state index in [-0.39, 0.29) is 11.2 Å². The second-order valence-electron chi connectivity index (χ2n) is 2.62. The predicted molar refractivity (Wildman–Crippen MR) is 67.1 cm³/mol. The summed E-state index contributed by atoms with van der Waals surface area (Å²) >= 11 is 9.50. The summed E-state index contributed by atoms with van der Waals surface area (Å²) in [6.07, 6.45) is 0. The maximum atomic E-state index is 11.7. The summed E-state index contributed by atoms with van der Waals surface area (Å²) in [4.78, 5) is 22.5. The van der Waals surface area contributed by atoms with Crippen molar-refractivity contribution in [2.45, 2.75) is 6.92 Å². The molecule has 0 aliphatic carbocycles. The number of hydrogen-bond acceptors (Lipinski definition) is 3. The van der Waals surface area contributed by atoms with Gasteiger partial charge in [-0.1, -0.05) is 15.9 Å². The number of halogens is 3. The molecule has 1 aromatic carbocycles. The first kappa shape index (κ1) is 12.9. The first-order chi connectivity index (χ1) is 6.91. The van der Waals surface area contributed by atoms with E-state index in [0.717, 1.165) is 0 Å². The Labute approximate surface area is 111 Å². The van der Waals surface area contributed by atoms with Crippen LogP contribution in [0.2, 0.25) is 0 Å². The summed E-state index contributed by atoms with van der Waals surface area (Å²) in [5.74, 6) is -0.568. The maximum Gasteiger partial charge on any atom is 0.308 e. The molecule has 0 saturated carbocycles. The lowest BCUT2D eigenvalue weighted by Crippen LogP contribution is -2.10. The molecule has 0 aliphatic heterocycles. The highest BCUT2D eigenvalue weighted by atomic mass is 79.9. The minimum atomic E-state index is -0.540.